The first-order valence-electron chi connectivity index (χ1n) is 22.4. The number of benzene rings is 9. The molecule has 13 rings (SSSR count). The van der Waals surface area contributed by atoms with Gasteiger partial charge in [0.25, 0.3) is 0 Å². The molecule has 0 saturated heterocycles. The molecule has 0 aromatic heterocycles. The van der Waals surface area contributed by atoms with Crippen molar-refractivity contribution in [2.45, 2.75) is 43.9 Å². The molecule has 4 saturated carbocycles. The molecule has 0 aliphatic heterocycles. The van der Waals surface area contributed by atoms with Gasteiger partial charge in [0, 0.05) is 16.9 Å². The van der Waals surface area contributed by atoms with Gasteiger partial charge in [0.15, 0.2) is 0 Å². The van der Waals surface area contributed by atoms with Crippen molar-refractivity contribution in [1.82, 2.24) is 0 Å². The van der Waals surface area contributed by atoms with Gasteiger partial charge in [0.05, 0.1) is 5.69 Å². The van der Waals surface area contributed by atoms with Gasteiger partial charge in [-0.1, -0.05) is 164 Å². The van der Waals surface area contributed by atoms with Crippen LogP contribution >= 0.6 is 0 Å². The minimum atomic E-state index is 0.388. The Labute approximate surface area is 360 Å². The van der Waals surface area contributed by atoms with Gasteiger partial charge in [-0.3, -0.25) is 0 Å². The third kappa shape index (κ3) is 6.46. The predicted molar refractivity (Wildman–Crippen MR) is 258 cm³/mol. The fraction of sp³-hybridized carbons (Fsp3) is 0.167. The van der Waals surface area contributed by atoms with Gasteiger partial charge in [-0.15, -0.1) is 0 Å². The van der Waals surface area contributed by atoms with Gasteiger partial charge in [-0.25, -0.2) is 0 Å². The smallest absolute Gasteiger partial charge is 0.0540 e. The van der Waals surface area contributed by atoms with Crippen LogP contribution in [0.5, 0.6) is 0 Å². The zero-order valence-corrected chi connectivity index (χ0v) is 34.6. The lowest BCUT2D eigenvalue weighted by Gasteiger charge is -2.57. The normalized spacial score (nSPS) is 20.3. The van der Waals surface area contributed by atoms with Gasteiger partial charge >= 0.3 is 0 Å². The first kappa shape index (κ1) is 36.2. The second kappa shape index (κ2) is 14.8. The summed E-state index contributed by atoms with van der Waals surface area (Å²) < 4.78 is 0. The van der Waals surface area contributed by atoms with E-state index in [0.29, 0.717) is 5.41 Å². The summed E-state index contributed by atoms with van der Waals surface area (Å²) in [7, 11) is 0. The Kier molecular flexibility index (Phi) is 8.77. The second-order valence-corrected chi connectivity index (χ2v) is 18.4. The van der Waals surface area contributed by atoms with Crippen LogP contribution in [0.25, 0.3) is 66.1 Å². The predicted octanol–water partition coefficient (Wildman–Crippen LogP) is 16.6. The van der Waals surface area contributed by atoms with Crippen molar-refractivity contribution in [2.24, 2.45) is 17.8 Å². The van der Waals surface area contributed by atoms with Crippen LogP contribution < -0.4 is 4.90 Å². The maximum absolute atomic E-state index is 2.50. The summed E-state index contributed by atoms with van der Waals surface area (Å²) in [6.07, 6.45) is 8.59. The molecule has 0 heterocycles. The van der Waals surface area contributed by atoms with Crippen molar-refractivity contribution < 1.29 is 0 Å². The van der Waals surface area contributed by atoms with Crippen LogP contribution in [-0.4, -0.2) is 0 Å². The maximum Gasteiger partial charge on any atom is 0.0540 e. The number of nitrogens with zero attached hydrogens (tertiary/aromatic N) is 1. The lowest BCUT2D eigenvalue weighted by molar-refractivity contribution is -0.00518. The van der Waals surface area contributed by atoms with E-state index in [1.165, 1.54) is 105 Å². The summed E-state index contributed by atoms with van der Waals surface area (Å²) in [5.74, 6) is 2.81. The number of rotatable bonds is 8. The number of anilines is 3. The average Bonchev–Trinajstić information content (AvgIpc) is 3.32. The van der Waals surface area contributed by atoms with Crippen molar-refractivity contribution in [3.05, 3.63) is 212 Å². The molecule has 0 N–H and O–H groups in total. The van der Waals surface area contributed by atoms with Gasteiger partial charge < -0.3 is 4.90 Å². The number of hydrogen-bond acceptors (Lipinski definition) is 1. The molecule has 4 aliphatic rings. The Morgan fingerprint density at radius 3 is 1.36 bits per heavy atom. The Morgan fingerprint density at radius 1 is 0.344 bits per heavy atom. The molecule has 9 aromatic carbocycles. The van der Waals surface area contributed by atoms with E-state index in [1.807, 2.05) is 0 Å². The molecule has 294 valence electrons. The minimum Gasteiger partial charge on any atom is -0.310 e. The average molecular weight is 784 g/mol. The summed E-state index contributed by atoms with van der Waals surface area (Å²) in [6, 6.07) is 76.8. The Balaban J connectivity index is 1.04. The lowest BCUT2D eigenvalue weighted by atomic mass is 9.48. The second-order valence-electron chi connectivity index (χ2n) is 18.4. The van der Waals surface area contributed by atoms with Crippen LogP contribution in [-0.2, 0) is 5.41 Å². The highest BCUT2D eigenvalue weighted by molar-refractivity contribution is 6.15. The van der Waals surface area contributed by atoms with Crippen molar-refractivity contribution in [3.8, 4) is 44.5 Å². The third-order valence-electron chi connectivity index (χ3n) is 14.6. The van der Waals surface area contributed by atoms with E-state index in [-0.39, 0.29) is 0 Å². The molecule has 1 nitrogen and oxygen atoms in total. The van der Waals surface area contributed by atoms with Crippen molar-refractivity contribution in [2.75, 3.05) is 4.90 Å². The molecular formula is C60H49N. The fourth-order valence-corrected chi connectivity index (χ4v) is 12.2. The molecule has 4 fully saturated rings. The summed E-state index contributed by atoms with van der Waals surface area (Å²) >= 11 is 0. The number of hydrogen-bond donors (Lipinski definition) is 0. The molecule has 0 spiro atoms. The molecule has 0 radical (unpaired) electrons. The summed E-state index contributed by atoms with van der Waals surface area (Å²) in [4.78, 5) is 2.46. The molecule has 4 bridgehead atoms. The Bertz CT molecular complexity index is 2900. The quantitative estimate of drug-likeness (QED) is 0.139. The van der Waals surface area contributed by atoms with Crippen LogP contribution in [0, 0.1) is 17.8 Å². The van der Waals surface area contributed by atoms with E-state index >= 15 is 0 Å². The van der Waals surface area contributed by atoms with Crippen LogP contribution in [0.4, 0.5) is 17.1 Å². The molecule has 0 amide bonds. The number of fused-ring (bicyclic) bond motifs is 3. The molecule has 0 unspecified atom stereocenters. The first-order valence-corrected chi connectivity index (χ1v) is 22.4. The highest BCUT2D eigenvalue weighted by Gasteiger charge is 2.51. The molecule has 9 aromatic rings. The summed E-state index contributed by atoms with van der Waals surface area (Å²) in [6.45, 7) is 0. The van der Waals surface area contributed by atoms with Crippen LogP contribution in [0.15, 0.2) is 206 Å². The van der Waals surface area contributed by atoms with E-state index < -0.39 is 0 Å². The van der Waals surface area contributed by atoms with E-state index in [0.717, 1.165) is 34.8 Å². The van der Waals surface area contributed by atoms with Crippen molar-refractivity contribution >= 4 is 38.6 Å². The van der Waals surface area contributed by atoms with E-state index in [1.54, 1.807) is 5.56 Å². The molecule has 1 heteroatoms. The highest BCUT2D eigenvalue weighted by Crippen LogP contribution is 2.61. The van der Waals surface area contributed by atoms with Crippen molar-refractivity contribution in [1.29, 1.82) is 0 Å². The minimum absolute atomic E-state index is 0.388. The molecule has 61 heavy (non-hydrogen) atoms. The fourth-order valence-electron chi connectivity index (χ4n) is 12.2. The van der Waals surface area contributed by atoms with Gasteiger partial charge in [0.1, 0.15) is 0 Å². The van der Waals surface area contributed by atoms with E-state index in [9.17, 15) is 0 Å². The highest BCUT2D eigenvalue weighted by atomic mass is 15.1. The van der Waals surface area contributed by atoms with Crippen LogP contribution in [0.2, 0.25) is 0 Å². The third-order valence-corrected chi connectivity index (χ3v) is 14.6. The Hall–Kier alpha value is -6.70. The first-order chi connectivity index (χ1) is 30.1. The standard InChI is InChI=1S/C60H49N/c1-3-11-44(12-4-1)46-21-28-52(29-22-46)61(53-30-23-47(24-31-53)45-13-5-2-6-14-45)59-32-25-49(36-58(59)57-37-50-15-7-8-16-54(50)55-17-9-10-18-56(55)57)48-19-26-51(27-20-48)60-38-41-33-42(39-60)35-43(34-41)40-60/h1-32,36-37,41-43H,33-35,38-40H2. The van der Waals surface area contributed by atoms with Gasteiger partial charge in [-0.2, -0.15) is 0 Å². The topological polar surface area (TPSA) is 3.24 Å². The summed E-state index contributed by atoms with van der Waals surface area (Å²) in [5, 5.41) is 5.07. The monoisotopic (exact) mass is 783 g/mol. The SMILES string of the molecule is c1ccc(-c2ccc(N(c3ccc(-c4ccccc4)cc3)c3ccc(-c4ccc(C56CC7CC(CC(C7)C5)C6)cc4)cc3-c3cc4ccccc4c4ccccc34)cc2)cc1. The zero-order valence-electron chi connectivity index (χ0n) is 34.6. The van der Waals surface area contributed by atoms with E-state index in [2.05, 4.69) is 211 Å². The lowest BCUT2D eigenvalue weighted by Crippen LogP contribution is -2.48. The van der Waals surface area contributed by atoms with Gasteiger partial charge in [0.2, 0.25) is 0 Å². The van der Waals surface area contributed by atoms with Crippen molar-refractivity contribution in [3.63, 3.8) is 0 Å². The Morgan fingerprint density at radius 2 is 0.787 bits per heavy atom. The summed E-state index contributed by atoms with van der Waals surface area (Å²) in [5.41, 5.74) is 15.2. The molecule has 0 atom stereocenters. The maximum atomic E-state index is 2.50. The van der Waals surface area contributed by atoms with E-state index in [4.69, 9.17) is 0 Å². The largest absolute Gasteiger partial charge is 0.310 e. The van der Waals surface area contributed by atoms with Gasteiger partial charge in [-0.05, 0) is 170 Å². The molecular weight excluding hydrogens is 735 g/mol. The molecule has 4 aliphatic carbocycles. The van der Waals surface area contributed by atoms with Crippen LogP contribution in [0.1, 0.15) is 44.1 Å². The zero-order chi connectivity index (χ0) is 40.3. The van der Waals surface area contributed by atoms with Crippen LogP contribution in [0.3, 0.4) is 0 Å².